The summed E-state index contributed by atoms with van der Waals surface area (Å²) in [7, 11) is 1.54. The summed E-state index contributed by atoms with van der Waals surface area (Å²) in [4.78, 5) is 12.2. The molecule has 0 aromatic heterocycles. The molecule has 1 heterocycles. The Morgan fingerprint density at radius 1 is 1.58 bits per heavy atom. The normalized spacial score (nSPS) is 22.2. The van der Waals surface area contributed by atoms with Crippen molar-refractivity contribution >= 4 is 11.6 Å². The van der Waals surface area contributed by atoms with Gasteiger partial charge in [0.2, 0.25) is 0 Å². The summed E-state index contributed by atoms with van der Waals surface area (Å²) in [5, 5.41) is 2.92. The first kappa shape index (κ1) is 13.7. The van der Waals surface area contributed by atoms with E-state index in [0.717, 1.165) is 13.0 Å². The number of hydrogen-bond acceptors (Lipinski definition) is 4. The van der Waals surface area contributed by atoms with E-state index in [-0.39, 0.29) is 12.0 Å². The van der Waals surface area contributed by atoms with E-state index in [4.69, 9.17) is 15.2 Å². The van der Waals surface area contributed by atoms with Crippen molar-refractivity contribution < 1.29 is 14.3 Å². The minimum absolute atomic E-state index is 0.164. The van der Waals surface area contributed by atoms with Crippen molar-refractivity contribution in [2.75, 3.05) is 26.0 Å². The van der Waals surface area contributed by atoms with Gasteiger partial charge in [-0.1, -0.05) is 0 Å². The Morgan fingerprint density at radius 2 is 2.37 bits per heavy atom. The number of hydrogen-bond donors (Lipinski definition) is 2. The quantitative estimate of drug-likeness (QED) is 0.807. The van der Waals surface area contributed by atoms with Crippen molar-refractivity contribution in [3.8, 4) is 5.75 Å². The van der Waals surface area contributed by atoms with Gasteiger partial charge in [-0.05, 0) is 31.5 Å². The molecule has 0 aliphatic carbocycles. The van der Waals surface area contributed by atoms with Gasteiger partial charge < -0.3 is 20.5 Å². The van der Waals surface area contributed by atoms with Gasteiger partial charge >= 0.3 is 0 Å². The Labute approximate surface area is 113 Å². The third-order valence-corrected chi connectivity index (χ3v) is 3.53. The second-order valence-corrected chi connectivity index (χ2v) is 4.79. The van der Waals surface area contributed by atoms with Gasteiger partial charge in [-0.3, -0.25) is 4.79 Å². The predicted molar refractivity (Wildman–Crippen MR) is 73.3 cm³/mol. The summed E-state index contributed by atoms with van der Waals surface area (Å²) in [5.41, 5.74) is 6.72. The van der Waals surface area contributed by atoms with Gasteiger partial charge in [-0.2, -0.15) is 0 Å². The number of methoxy groups -OCH3 is 1. The maximum Gasteiger partial charge on any atom is 0.255 e. The summed E-state index contributed by atoms with van der Waals surface area (Å²) < 4.78 is 10.6. The minimum Gasteiger partial charge on any atom is -0.496 e. The number of ether oxygens (including phenoxy) is 2. The fourth-order valence-corrected chi connectivity index (χ4v) is 2.27. The Morgan fingerprint density at radius 3 is 3.00 bits per heavy atom. The predicted octanol–water partition coefficient (Wildman–Crippen LogP) is 1.43. The Hall–Kier alpha value is -1.75. The molecule has 1 aromatic rings. The minimum atomic E-state index is -0.164. The van der Waals surface area contributed by atoms with Crippen molar-refractivity contribution in [1.29, 1.82) is 0 Å². The van der Waals surface area contributed by atoms with E-state index in [1.807, 2.05) is 6.92 Å². The summed E-state index contributed by atoms with van der Waals surface area (Å²) in [6.07, 6.45) is 1.18. The lowest BCUT2D eigenvalue weighted by molar-refractivity contribution is 0.0905. The Balaban J connectivity index is 2.01. The van der Waals surface area contributed by atoms with Gasteiger partial charge in [0.05, 0.1) is 18.8 Å². The monoisotopic (exact) mass is 264 g/mol. The van der Waals surface area contributed by atoms with Crippen LogP contribution in [0.3, 0.4) is 0 Å². The number of anilines is 1. The van der Waals surface area contributed by atoms with Crippen LogP contribution in [0.4, 0.5) is 5.69 Å². The van der Waals surface area contributed by atoms with Gasteiger partial charge in [0.25, 0.3) is 5.91 Å². The molecule has 5 nitrogen and oxygen atoms in total. The van der Waals surface area contributed by atoms with Crippen molar-refractivity contribution in [2.45, 2.75) is 19.4 Å². The van der Waals surface area contributed by atoms with Crippen LogP contribution in [0.2, 0.25) is 0 Å². The van der Waals surface area contributed by atoms with E-state index in [2.05, 4.69) is 5.32 Å². The Kier molecular flexibility index (Phi) is 4.27. The van der Waals surface area contributed by atoms with E-state index in [9.17, 15) is 4.79 Å². The number of carbonyl (C=O) groups excluding carboxylic acids is 1. The number of rotatable bonds is 4. The number of amides is 1. The molecular weight excluding hydrogens is 244 g/mol. The summed E-state index contributed by atoms with van der Waals surface area (Å²) in [6.45, 7) is 3.41. The first-order valence-electron chi connectivity index (χ1n) is 6.45. The molecule has 1 amide bonds. The lowest BCUT2D eigenvalue weighted by atomic mass is 10.0. The van der Waals surface area contributed by atoms with E-state index >= 15 is 0 Å². The molecule has 1 saturated heterocycles. The van der Waals surface area contributed by atoms with Gasteiger partial charge in [-0.15, -0.1) is 0 Å². The maximum atomic E-state index is 12.2. The first-order valence-corrected chi connectivity index (χ1v) is 6.45. The molecule has 0 radical (unpaired) electrons. The average Bonchev–Trinajstić information content (AvgIpc) is 2.81. The lowest BCUT2D eigenvalue weighted by Gasteiger charge is -2.15. The van der Waals surface area contributed by atoms with Crippen LogP contribution in [-0.4, -0.2) is 32.3 Å². The van der Waals surface area contributed by atoms with E-state index in [1.54, 1.807) is 18.2 Å². The van der Waals surface area contributed by atoms with Crippen LogP contribution in [0.15, 0.2) is 18.2 Å². The molecule has 0 bridgehead atoms. The second kappa shape index (κ2) is 5.93. The van der Waals surface area contributed by atoms with Crippen LogP contribution in [0.5, 0.6) is 5.75 Å². The molecule has 2 unspecified atom stereocenters. The number of nitrogens with two attached hydrogens (primary N) is 1. The average molecular weight is 264 g/mol. The molecule has 1 aliphatic heterocycles. The number of benzene rings is 1. The highest BCUT2D eigenvalue weighted by atomic mass is 16.5. The Bertz CT molecular complexity index is 462. The van der Waals surface area contributed by atoms with E-state index < -0.39 is 0 Å². The lowest BCUT2D eigenvalue weighted by Crippen LogP contribution is -2.32. The third kappa shape index (κ3) is 3.17. The van der Waals surface area contributed by atoms with Crippen LogP contribution < -0.4 is 15.8 Å². The summed E-state index contributed by atoms with van der Waals surface area (Å²) >= 11 is 0. The molecule has 5 heteroatoms. The highest BCUT2D eigenvalue weighted by molar-refractivity contribution is 5.97. The van der Waals surface area contributed by atoms with Crippen molar-refractivity contribution in [3.05, 3.63) is 23.8 Å². The molecule has 3 N–H and O–H groups in total. The molecule has 19 heavy (non-hydrogen) atoms. The highest BCUT2D eigenvalue weighted by Gasteiger charge is 2.25. The molecule has 1 aliphatic rings. The molecule has 0 spiro atoms. The fourth-order valence-electron chi connectivity index (χ4n) is 2.27. The zero-order valence-electron chi connectivity index (χ0n) is 11.3. The topological polar surface area (TPSA) is 73.6 Å². The largest absolute Gasteiger partial charge is 0.496 e. The van der Waals surface area contributed by atoms with Crippen LogP contribution in [0.1, 0.15) is 23.7 Å². The molecule has 104 valence electrons. The number of nitrogen functional groups attached to an aromatic ring is 1. The van der Waals surface area contributed by atoms with E-state index in [0.29, 0.717) is 29.5 Å². The molecule has 0 saturated carbocycles. The molecule has 1 fully saturated rings. The molecule has 1 aromatic carbocycles. The molecular formula is C14H20N2O3. The van der Waals surface area contributed by atoms with Crippen molar-refractivity contribution in [1.82, 2.24) is 5.32 Å². The highest BCUT2D eigenvalue weighted by Crippen LogP contribution is 2.22. The van der Waals surface area contributed by atoms with Crippen LogP contribution >= 0.6 is 0 Å². The van der Waals surface area contributed by atoms with Crippen molar-refractivity contribution in [2.24, 2.45) is 5.92 Å². The second-order valence-electron chi connectivity index (χ2n) is 4.79. The standard InChI is InChI=1S/C14H20N2O3/c1-9-10(5-6-19-9)8-16-14(17)12-7-11(15)3-4-13(12)18-2/h3-4,7,9-10H,5-6,8,15H2,1-2H3,(H,16,17). The van der Waals surface area contributed by atoms with Gasteiger partial charge in [0, 0.05) is 24.8 Å². The molecule has 2 atom stereocenters. The van der Waals surface area contributed by atoms with Crippen molar-refractivity contribution in [3.63, 3.8) is 0 Å². The zero-order chi connectivity index (χ0) is 13.8. The first-order chi connectivity index (χ1) is 9.11. The van der Waals surface area contributed by atoms with Crippen LogP contribution in [0.25, 0.3) is 0 Å². The number of nitrogens with one attached hydrogen (secondary N) is 1. The number of carbonyl (C=O) groups is 1. The summed E-state index contributed by atoms with van der Waals surface area (Å²) in [6, 6.07) is 5.04. The van der Waals surface area contributed by atoms with Crippen LogP contribution in [0, 0.1) is 5.92 Å². The SMILES string of the molecule is COc1ccc(N)cc1C(=O)NCC1CCOC1C. The van der Waals surface area contributed by atoms with Crippen LogP contribution in [-0.2, 0) is 4.74 Å². The zero-order valence-corrected chi connectivity index (χ0v) is 11.3. The maximum absolute atomic E-state index is 12.2. The van der Waals surface area contributed by atoms with Gasteiger partial charge in [0.1, 0.15) is 5.75 Å². The molecule has 2 rings (SSSR count). The van der Waals surface area contributed by atoms with E-state index in [1.165, 1.54) is 7.11 Å². The van der Waals surface area contributed by atoms with Gasteiger partial charge in [-0.25, -0.2) is 0 Å². The summed E-state index contributed by atoms with van der Waals surface area (Å²) in [5.74, 6) is 0.738. The fraction of sp³-hybridized carbons (Fsp3) is 0.500. The van der Waals surface area contributed by atoms with Gasteiger partial charge in [0.15, 0.2) is 0 Å². The third-order valence-electron chi connectivity index (χ3n) is 3.53. The smallest absolute Gasteiger partial charge is 0.255 e.